The Kier molecular flexibility index (Phi) is 84.2. The van der Waals surface area contributed by atoms with Gasteiger partial charge in [-0.15, -0.1) is 0 Å². The van der Waals surface area contributed by atoms with Crippen molar-refractivity contribution < 1.29 is 31.0 Å². The summed E-state index contributed by atoms with van der Waals surface area (Å²) < 4.78 is 0. The molecule has 0 radical (unpaired) electrons. The van der Waals surface area contributed by atoms with Gasteiger partial charge >= 0.3 is 26.2 Å². The van der Waals surface area contributed by atoms with E-state index in [4.69, 9.17) is 4.79 Å². The molecule has 0 N–H and O–H groups in total. The van der Waals surface area contributed by atoms with Gasteiger partial charge in [0.2, 0.25) is 0 Å². The molecule has 0 aliphatic heterocycles. The van der Waals surface area contributed by atoms with Crippen LogP contribution in [0.4, 0.5) is 0 Å². The van der Waals surface area contributed by atoms with E-state index in [-0.39, 0.29) is 33.6 Å². The molecular formula is C3H6OZr. The van der Waals surface area contributed by atoms with Crippen molar-refractivity contribution in [3.05, 3.63) is 7.43 Å². The summed E-state index contributed by atoms with van der Waals surface area (Å²) in [6.07, 6.45) is 1.50. The van der Waals surface area contributed by atoms with Crippen LogP contribution < -0.4 is 0 Å². The number of carbonyl (C=O) groups excluding carboxylic acids is 1. The first-order valence-electron chi connectivity index (χ1n) is 0.704. The predicted molar refractivity (Wildman–Crippen MR) is 17.8 cm³/mol. The fourth-order valence-corrected chi connectivity index (χ4v) is 0. The molecule has 0 fully saturated rings. The third kappa shape index (κ3) is 97.0. The Hall–Kier alpha value is 0.553. The van der Waals surface area contributed by atoms with Crippen LogP contribution in [0.1, 0.15) is 6.92 Å². The molecule has 2 heteroatoms. The third-order valence-electron chi connectivity index (χ3n) is 0. The van der Waals surface area contributed by atoms with Crippen molar-refractivity contribution in [2.75, 3.05) is 0 Å². The molecule has 0 bridgehead atoms. The third-order valence-corrected chi connectivity index (χ3v) is 0. The zero-order valence-corrected chi connectivity index (χ0v) is 5.87. The summed E-state index contributed by atoms with van der Waals surface area (Å²) in [7, 11) is 0. The molecule has 0 heterocycles. The van der Waals surface area contributed by atoms with Crippen molar-refractivity contribution in [3.63, 3.8) is 0 Å². The summed E-state index contributed by atoms with van der Waals surface area (Å²) in [6.45, 7) is 1.32. The molecule has 0 amide bonds. The Morgan fingerprint density at radius 3 is 1.60 bits per heavy atom. The molecule has 0 aliphatic carbocycles. The Balaban J connectivity index is -0.0000000200. The van der Waals surface area contributed by atoms with Crippen LogP contribution in [0.3, 0.4) is 0 Å². The van der Waals surface area contributed by atoms with E-state index in [9.17, 15) is 0 Å². The van der Waals surface area contributed by atoms with E-state index in [0.717, 1.165) is 0 Å². The van der Waals surface area contributed by atoms with E-state index in [0.29, 0.717) is 0 Å². The molecule has 1 nitrogen and oxygen atoms in total. The van der Waals surface area contributed by atoms with Crippen LogP contribution in [0.25, 0.3) is 0 Å². The smallest absolute Gasteiger partial charge is 0.542 e. The van der Waals surface area contributed by atoms with Crippen LogP contribution in [0.2, 0.25) is 0 Å². The van der Waals surface area contributed by atoms with Gasteiger partial charge in [0.05, 0.1) is 0 Å². The molecule has 0 saturated carbocycles. The van der Waals surface area contributed by atoms with Gasteiger partial charge in [0.1, 0.15) is 0 Å². The van der Waals surface area contributed by atoms with Crippen LogP contribution in [-0.4, -0.2) is 6.29 Å². The zero-order chi connectivity index (χ0) is 2.71. The molecule has 28 valence electrons. The van der Waals surface area contributed by atoms with Crippen LogP contribution in [0, 0.1) is 7.43 Å². The van der Waals surface area contributed by atoms with Crippen molar-refractivity contribution in [2.45, 2.75) is 6.92 Å². The van der Waals surface area contributed by atoms with Gasteiger partial charge in [0, 0.05) is 0 Å². The summed E-state index contributed by atoms with van der Waals surface area (Å²) in [5, 5.41) is 0. The summed E-state index contributed by atoms with van der Waals surface area (Å²) in [6, 6.07) is 0. The Morgan fingerprint density at radius 1 is 1.60 bits per heavy atom. The minimum atomic E-state index is 0. The summed E-state index contributed by atoms with van der Waals surface area (Å²) in [5.74, 6) is 0. The Labute approximate surface area is 51.9 Å². The second-order valence-electron chi connectivity index (χ2n) is 0.204. The van der Waals surface area contributed by atoms with Crippen LogP contribution in [-0.2, 0) is 31.0 Å². The van der Waals surface area contributed by atoms with Crippen molar-refractivity contribution >= 4 is 6.29 Å². The average molecular weight is 149 g/mol. The topological polar surface area (TPSA) is 17.1 Å². The van der Waals surface area contributed by atoms with E-state index in [1.165, 1.54) is 13.2 Å². The van der Waals surface area contributed by atoms with Crippen LogP contribution >= 0.6 is 0 Å². The maximum absolute atomic E-state index is 8.68. The van der Waals surface area contributed by atoms with E-state index >= 15 is 0 Å². The van der Waals surface area contributed by atoms with Crippen molar-refractivity contribution in [2.24, 2.45) is 0 Å². The second-order valence-corrected chi connectivity index (χ2v) is 0.204. The average Bonchev–Trinajstić information content (AvgIpc) is 0.918. The van der Waals surface area contributed by atoms with Crippen LogP contribution in [0.5, 0.6) is 0 Å². The molecule has 0 unspecified atom stereocenters. The summed E-state index contributed by atoms with van der Waals surface area (Å²) in [4.78, 5) is 8.68. The fraction of sp³-hybridized carbons (Fsp3) is 0.333. The molecule has 0 rings (SSSR count). The molecule has 0 spiro atoms. The quantitative estimate of drug-likeness (QED) is 0.460. The molecule has 0 saturated heterocycles. The Bertz CT molecular complexity index is 14.4. The van der Waals surface area contributed by atoms with Gasteiger partial charge in [0.15, 0.2) is 0 Å². The van der Waals surface area contributed by atoms with Gasteiger partial charge in [-0.1, -0.05) is 0 Å². The van der Waals surface area contributed by atoms with E-state index in [1.807, 2.05) is 0 Å². The number of hydrogen-bond acceptors (Lipinski definition) is 1. The first-order valence-corrected chi connectivity index (χ1v) is 0.704. The van der Waals surface area contributed by atoms with E-state index in [2.05, 4.69) is 0 Å². The second kappa shape index (κ2) is 23.8. The Morgan fingerprint density at radius 2 is 1.60 bits per heavy atom. The molecule has 0 aliphatic rings. The van der Waals surface area contributed by atoms with Gasteiger partial charge in [-0.25, -0.2) is 0 Å². The fourth-order valence-electron chi connectivity index (χ4n) is 0. The van der Waals surface area contributed by atoms with Gasteiger partial charge in [-0.05, 0) is 0 Å². The van der Waals surface area contributed by atoms with Crippen molar-refractivity contribution in [1.82, 2.24) is 0 Å². The monoisotopic (exact) mass is 148 g/mol. The van der Waals surface area contributed by atoms with Gasteiger partial charge < -0.3 is 12.2 Å². The SMILES string of the molecule is C[C-]=O.[CH3-].[Zr+2]. The van der Waals surface area contributed by atoms with Crippen molar-refractivity contribution in [1.29, 1.82) is 0 Å². The molecule has 0 aromatic rings. The zero-order valence-electron chi connectivity index (χ0n) is 3.41. The maximum Gasteiger partial charge on any atom is 2.00 e. The minimum Gasteiger partial charge on any atom is -0.542 e. The van der Waals surface area contributed by atoms with Gasteiger partial charge in [0.25, 0.3) is 0 Å². The van der Waals surface area contributed by atoms with E-state index in [1.54, 1.807) is 0 Å². The maximum atomic E-state index is 8.68. The predicted octanol–water partition coefficient (Wildman–Crippen LogP) is 0.564. The number of hydrogen-bond donors (Lipinski definition) is 0. The summed E-state index contributed by atoms with van der Waals surface area (Å²) in [5.41, 5.74) is 0. The number of rotatable bonds is 0. The normalized spacial score (nSPS) is 2.60. The van der Waals surface area contributed by atoms with Gasteiger partial charge in [-0.3, -0.25) is 6.29 Å². The molecular weight excluding hydrogens is 143 g/mol. The minimum absolute atomic E-state index is 0. The molecule has 5 heavy (non-hydrogen) atoms. The first kappa shape index (κ1) is 17.7. The van der Waals surface area contributed by atoms with Gasteiger partial charge in [-0.2, -0.15) is 6.92 Å². The van der Waals surface area contributed by atoms with Crippen LogP contribution in [0.15, 0.2) is 0 Å². The first-order chi connectivity index (χ1) is 1.41. The summed E-state index contributed by atoms with van der Waals surface area (Å²) >= 11 is 0. The van der Waals surface area contributed by atoms with Crippen molar-refractivity contribution in [3.8, 4) is 0 Å². The largest absolute Gasteiger partial charge is 2.00 e. The van der Waals surface area contributed by atoms with E-state index < -0.39 is 0 Å². The molecule has 0 aromatic heterocycles. The molecule has 0 aromatic carbocycles. The molecule has 0 atom stereocenters. The standard InChI is InChI=1S/C2H3O.CH3.Zr/c1-2-3;;/h1H3;1H3;/q2*-1;+2.